The molecule has 2 aromatic rings. The molecule has 1 aromatic carbocycles. The highest BCUT2D eigenvalue weighted by Crippen LogP contribution is 2.24. The van der Waals surface area contributed by atoms with Crippen molar-refractivity contribution in [3.8, 4) is 5.75 Å². The molecule has 1 aromatic heterocycles. The summed E-state index contributed by atoms with van der Waals surface area (Å²) in [4.78, 5) is 0. The average Bonchev–Trinajstić information content (AvgIpc) is 2.72. The van der Waals surface area contributed by atoms with Gasteiger partial charge in [-0.1, -0.05) is 18.2 Å². The number of para-hydroxylation sites is 1. The summed E-state index contributed by atoms with van der Waals surface area (Å²) in [5.41, 5.74) is 0.773. The number of aliphatic hydroxyl groups is 1. The van der Waals surface area contributed by atoms with Crippen molar-refractivity contribution < 1.29 is 9.84 Å². The molecule has 0 fully saturated rings. The molecule has 0 saturated heterocycles. The third kappa shape index (κ3) is 2.62. The van der Waals surface area contributed by atoms with Gasteiger partial charge in [-0.2, -0.15) is 0 Å². The molecule has 0 unspecified atom stereocenters. The first-order valence-corrected chi connectivity index (χ1v) is 5.41. The van der Waals surface area contributed by atoms with Crippen molar-refractivity contribution in [3.05, 3.63) is 42.0 Å². The highest BCUT2D eigenvalue weighted by molar-refractivity contribution is 5.34. The fourth-order valence-electron chi connectivity index (χ4n) is 1.54. The lowest BCUT2D eigenvalue weighted by molar-refractivity contribution is 0.189. The zero-order valence-electron chi connectivity index (χ0n) is 9.87. The van der Waals surface area contributed by atoms with Crippen LogP contribution in [0.25, 0.3) is 0 Å². The van der Waals surface area contributed by atoms with Crippen molar-refractivity contribution in [1.82, 2.24) is 14.8 Å². The van der Waals surface area contributed by atoms with Crippen LogP contribution in [0.1, 0.15) is 24.4 Å². The van der Waals surface area contributed by atoms with Gasteiger partial charge in [-0.05, 0) is 13.0 Å². The maximum atomic E-state index is 9.60. The van der Waals surface area contributed by atoms with Crippen molar-refractivity contribution in [1.29, 1.82) is 0 Å². The summed E-state index contributed by atoms with van der Waals surface area (Å²) < 4.78 is 7.44. The van der Waals surface area contributed by atoms with Gasteiger partial charge in [-0.25, -0.2) is 0 Å². The molecule has 1 N–H and O–H groups in total. The second-order valence-corrected chi connectivity index (χ2v) is 3.86. The zero-order valence-corrected chi connectivity index (χ0v) is 9.87. The van der Waals surface area contributed by atoms with Crippen LogP contribution in [0.2, 0.25) is 0 Å². The molecule has 0 radical (unpaired) electrons. The SMILES string of the molecule is C[C@@H](O)c1ccccc1OCc1nncn1C. The van der Waals surface area contributed by atoms with E-state index in [2.05, 4.69) is 10.2 Å². The van der Waals surface area contributed by atoms with Gasteiger partial charge >= 0.3 is 0 Å². The molecule has 5 nitrogen and oxygen atoms in total. The van der Waals surface area contributed by atoms with Gasteiger partial charge < -0.3 is 14.4 Å². The maximum Gasteiger partial charge on any atom is 0.170 e. The second kappa shape index (κ2) is 4.97. The van der Waals surface area contributed by atoms with E-state index in [1.54, 1.807) is 17.8 Å². The summed E-state index contributed by atoms with van der Waals surface area (Å²) in [6.45, 7) is 2.05. The second-order valence-electron chi connectivity index (χ2n) is 3.86. The third-order valence-corrected chi connectivity index (χ3v) is 2.53. The van der Waals surface area contributed by atoms with Gasteiger partial charge in [0.15, 0.2) is 5.82 Å². The van der Waals surface area contributed by atoms with Crippen LogP contribution in [-0.4, -0.2) is 19.9 Å². The number of hydrogen-bond donors (Lipinski definition) is 1. The minimum Gasteiger partial charge on any atom is -0.485 e. The van der Waals surface area contributed by atoms with Gasteiger partial charge in [0.2, 0.25) is 0 Å². The Kier molecular flexibility index (Phi) is 3.39. The molecular formula is C12H15N3O2. The molecule has 5 heteroatoms. The average molecular weight is 233 g/mol. The van der Waals surface area contributed by atoms with E-state index >= 15 is 0 Å². The largest absolute Gasteiger partial charge is 0.485 e. The summed E-state index contributed by atoms with van der Waals surface area (Å²) in [7, 11) is 1.86. The first kappa shape index (κ1) is 11.6. The summed E-state index contributed by atoms with van der Waals surface area (Å²) in [5, 5.41) is 17.3. The smallest absolute Gasteiger partial charge is 0.170 e. The first-order chi connectivity index (χ1) is 8.18. The van der Waals surface area contributed by atoms with E-state index in [9.17, 15) is 5.11 Å². The summed E-state index contributed by atoms with van der Waals surface area (Å²) in [6.07, 6.45) is 1.07. The lowest BCUT2D eigenvalue weighted by atomic mass is 10.1. The lowest BCUT2D eigenvalue weighted by Crippen LogP contribution is -2.05. The topological polar surface area (TPSA) is 60.2 Å². The first-order valence-electron chi connectivity index (χ1n) is 5.41. The Bertz CT molecular complexity index is 494. The Labute approximate surface area is 99.7 Å². The van der Waals surface area contributed by atoms with Crippen molar-refractivity contribution in [3.63, 3.8) is 0 Å². The summed E-state index contributed by atoms with van der Waals surface area (Å²) >= 11 is 0. The number of aryl methyl sites for hydroxylation is 1. The maximum absolute atomic E-state index is 9.60. The number of aliphatic hydroxyl groups excluding tert-OH is 1. The number of benzene rings is 1. The van der Waals surface area contributed by atoms with Crippen molar-refractivity contribution >= 4 is 0 Å². The van der Waals surface area contributed by atoms with Gasteiger partial charge in [0, 0.05) is 12.6 Å². The van der Waals surface area contributed by atoms with Crippen LogP contribution in [0.3, 0.4) is 0 Å². The normalized spacial score (nSPS) is 12.4. The number of aromatic nitrogens is 3. The molecule has 0 amide bonds. The monoisotopic (exact) mass is 233 g/mol. The van der Waals surface area contributed by atoms with Crippen LogP contribution in [-0.2, 0) is 13.7 Å². The summed E-state index contributed by atoms with van der Waals surface area (Å²) in [6, 6.07) is 7.42. The molecule has 17 heavy (non-hydrogen) atoms. The van der Waals surface area contributed by atoms with E-state index in [0.717, 1.165) is 11.4 Å². The minimum absolute atomic E-state index is 0.334. The Morgan fingerprint density at radius 2 is 2.18 bits per heavy atom. The summed E-state index contributed by atoms with van der Waals surface area (Å²) in [5.74, 6) is 1.41. The Hall–Kier alpha value is -1.88. The molecule has 0 aliphatic carbocycles. The molecule has 0 aliphatic heterocycles. The van der Waals surface area contributed by atoms with Crippen LogP contribution >= 0.6 is 0 Å². The quantitative estimate of drug-likeness (QED) is 0.868. The van der Waals surface area contributed by atoms with Crippen LogP contribution in [0.5, 0.6) is 5.75 Å². The van der Waals surface area contributed by atoms with Crippen LogP contribution in [0.15, 0.2) is 30.6 Å². The lowest BCUT2D eigenvalue weighted by Gasteiger charge is -2.12. The molecule has 90 valence electrons. The van der Waals surface area contributed by atoms with E-state index in [1.807, 2.05) is 31.3 Å². The molecular weight excluding hydrogens is 218 g/mol. The van der Waals surface area contributed by atoms with Crippen LogP contribution in [0.4, 0.5) is 0 Å². The van der Waals surface area contributed by atoms with Crippen molar-refractivity contribution in [2.75, 3.05) is 0 Å². The fourth-order valence-corrected chi connectivity index (χ4v) is 1.54. The van der Waals surface area contributed by atoms with E-state index < -0.39 is 6.10 Å². The number of ether oxygens (including phenoxy) is 1. The van der Waals surface area contributed by atoms with Crippen molar-refractivity contribution in [2.45, 2.75) is 19.6 Å². The molecule has 1 heterocycles. The van der Waals surface area contributed by atoms with Crippen LogP contribution < -0.4 is 4.74 Å². The predicted octanol–water partition coefficient (Wildman–Crippen LogP) is 1.45. The van der Waals surface area contributed by atoms with E-state index in [0.29, 0.717) is 12.4 Å². The Balaban J connectivity index is 2.11. The highest BCUT2D eigenvalue weighted by atomic mass is 16.5. The highest BCUT2D eigenvalue weighted by Gasteiger charge is 2.09. The predicted molar refractivity (Wildman–Crippen MR) is 62.4 cm³/mol. The van der Waals surface area contributed by atoms with E-state index in [4.69, 9.17) is 4.74 Å². The van der Waals surface area contributed by atoms with E-state index in [1.165, 1.54) is 0 Å². The molecule has 1 atom stereocenters. The number of rotatable bonds is 4. The van der Waals surface area contributed by atoms with Gasteiger partial charge in [0.1, 0.15) is 18.7 Å². The molecule has 0 saturated carbocycles. The number of hydrogen-bond acceptors (Lipinski definition) is 4. The van der Waals surface area contributed by atoms with Gasteiger partial charge in [-0.15, -0.1) is 10.2 Å². The van der Waals surface area contributed by atoms with Gasteiger partial charge in [0.05, 0.1) is 6.10 Å². The number of nitrogens with zero attached hydrogens (tertiary/aromatic N) is 3. The van der Waals surface area contributed by atoms with Crippen LogP contribution in [0, 0.1) is 0 Å². The minimum atomic E-state index is -0.550. The zero-order chi connectivity index (χ0) is 12.3. The Morgan fingerprint density at radius 1 is 1.41 bits per heavy atom. The standard InChI is InChI=1S/C12H15N3O2/c1-9(16)10-5-3-4-6-11(10)17-7-12-14-13-8-15(12)2/h3-6,8-9,16H,7H2,1-2H3/t9-/m1/s1. The fraction of sp³-hybridized carbons (Fsp3) is 0.333. The third-order valence-electron chi connectivity index (χ3n) is 2.53. The van der Waals surface area contributed by atoms with E-state index in [-0.39, 0.29) is 0 Å². The van der Waals surface area contributed by atoms with Gasteiger partial charge in [0.25, 0.3) is 0 Å². The van der Waals surface area contributed by atoms with Crippen molar-refractivity contribution in [2.24, 2.45) is 7.05 Å². The van der Waals surface area contributed by atoms with Gasteiger partial charge in [-0.3, -0.25) is 0 Å². The molecule has 2 rings (SSSR count). The Morgan fingerprint density at radius 3 is 2.82 bits per heavy atom. The molecule has 0 bridgehead atoms. The molecule has 0 aliphatic rings. The molecule has 0 spiro atoms.